The molecule has 1 rings (SSSR count). The largest absolute Gasteiger partial charge is 0.463 e. The van der Waals surface area contributed by atoms with Gasteiger partial charge < -0.3 is 9.64 Å². The topological polar surface area (TPSA) is 29.5 Å². The lowest BCUT2D eigenvalue weighted by atomic mass is 9.84. The molecule has 1 aromatic rings. The van der Waals surface area contributed by atoms with Gasteiger partial charge in [-0.15, -0.1) is 0 Å². The van der Waals surface area contributed by atoms with E-state index >= 15 is 0 Å². The fraction of sp³-hybridized carbons (Fsp3) is 0.550. The Morgan fingerprint density at radius 3 is 2.35 bits per heavy atom. The molecule has 3 nitrogen and oxygen atoms in total. The van der Waals surface area contributed by atoms with Crippen LogP contribution in [-0.2, 0) is 9.53 Å². The molecule has 0 saturated heterocycles. The second kappa shape index (κ2) is 8.76. The number of carbonyl (C=O) groups is 1. The lowest BCUT2D eigenvalue weighted by Crippen LogP contribution is -2.13. The number of anilines is 1. The molecule has 128 valence electrons. The van der Waals surface area contributed by atoms with Gasteiger partial charge in [0, 0.05) is 25.9 Å². The molecule has 1 aromatic carbocycles. The molecular formula is C20H31NO2. The highest BCUT2D eigenvalue weighted by molar-refractivity contribution is 5.87. The van der Waals surface area contributed by atoms with E-state index < -0.39 is 0 Å². The summed E-state index contributed by atoms with van der Waals surface area (Å²) in [6.45, 7) is 9.40. The molecule has 1 atom stereocenters. The van der Waals surface area contributed by atoms with Crippen LogP contribution in [0.3, 0.4) is 0 Å². The fourth-order valence-corrected chi connectivity index (χ4v) is 2.60. The number of hydrogen-bond acceptors (Lipinski definition) is 3. The lowest BCUT2D eigenvalue weighted by Gasteiger charge is -2.22. The maximum Gasteiger partial charge on any atom is 0.330 e. The third-order valence-corrected chi connectivity index (χ3v) is 3.64. The SMILES string of the molecule is CC(CCOC(=O)C=Cc1ccc(N(C)C)cc1)CC(C)(C)C. The average Bonchev–Trinajstić information content (AvgIpc) is 2.43. The number of ether oxygens (including phenoxy) is 1. The maximum atomic E-state index is 11.7. The minimum Gasteiger partial charge on any atom is -0.463 e. The van der Waals surface area contributed by atoms with Crippen LogP contribution in [0.4, 0.5) is 5.69 Å². The maximum absolute atomic E-state index is 11.7. The molecule has 1 unspecified atom stereocenters. The van der Waals surface area contributed by atoms with E-state index in [2.05, 4.69) is 27.7 Å². The molecule has 0 aromatic heterocycles. The van der Waals surface area contributed by atoms with Crippen molar-refractivity contribution in [2.75, 3.05) is 25.6 Å². The van der Waals surface area contributed by atoms with Crippen LogP contribution in [0.5, 0.6) is 0 Å². The number of nitrogens with zero attached hydrogens (tertiary/aromatic N) is 1. The van der Waals surface area contributed by atoms with Gasteiger partial charge in [0.2, 0.25) is 0 Å². The molecule has 0 heterocycles. The molecule has 0 aliphatic carbocycles. The number of hydrogen-bond donors (Lipinski definition) is 0. The molecule has 0 aliphatic rings. The summed E-state index contributed by atoms with van der Waals surface area (Å²) in [5.74, 6) is 0.287. The van der Waals surface area contributed by atoms with Gasteiger partial charge in [0.25, 0.3) is 0 Å². The van der Waals surface area contributed by atoms with Gasteiger partial charge >= 0.3 is 5.97 Å². The van der Waals surface area contributed by atoms with Crippen LogP contribution < -0.4 is 4.90 Å². The van der Waals surface area contributed by atoms with Crippen LogP contribution in [0, 0.1) is 11.3 Å². The Kier molecular flexibility index (Phi) is 7.34. The van der Waals surface area contributed by atoms with Gasteiger partial charge in [-0.25, -0.2) is 4.79 Å². The normalized spacial score (nSPS) is 13.1. The van der Waals surface area contributed by atoms with Crippen LogP contribution in [-0.4, -0.2) is 26.7 Å². The van der Waals surface area contributed by atoms with Gasteiger partial charge in [-0.3, -0.25) is 0 Å². The molecule has 0 radical (unpaired) electrons. The molecule has 23 heavy (non-hydrogen) atoms. The summed E-state index contributed by atoms with van der Waals surface area (Å²) in [5, 5.41) is 0. The van der Waals surface area contributed by atoms with Crippen molar-refractivity contribution in [3.8, 4) is 0 Å². The first-order valence-electron chi connectivity index (χ1n) is 8.29. The Labute approximate surface area is 141 Å². The Morgan fingerprint density at radius 1 is 1.22 bits per heavy atom. The van der Waals surface area contributed by atoms with E-state index in [1.165, 1.54) is 6.08 Å². The quantitative estimate of drug-likeness (QED) is 0.536. The summed E-state index contributed by atoms with van der Waals surface area (Å²) < 4.78 is 5.28. The van der Waals surface area contributed by atoms with Crippen LogP contribution in [0.25, 0.3) is 6.08 Å². The molecule has 0 amide bonds. The van der Waals surface area contributed by atoms with E-state index in [-0.39, 0.29) is 5.97 Å². The summed E-state index contributed by atoms with van der Waals surface area (Å²) in [6.07, 6.45) is 5.34. The van der Waals surface area contributed by atoms with Gasteiger partial charge in [-0.2, -0.15) is 0 Å². The monoisotopic (exact) mass is 317 g/mol. The number of benzene rings is 1. The zero-order valence-corrected chi connectivity index (χ0v) is 15.4. The second-order valence-corrected chi connectivity index (χ2v) is 7.65. The van der Waals surface area contributed by atoms with Gasteiger partial charge in [-0.1, -0.05) is 39.8 Å². The van der Waals surface area contributed by atoms with Crippen LogP contribution in [0.1, 0.15) is 46.1 Å². The van der Waals surface area contributed by atoms with Crippen molar-refractivity contribution >= 4 is 17.7 Å². The molecule has 0 fully saturated rings. The molecule has 0 bridgehead atoms. The lowest BCUT2D eigenvalue weighted by molar-refractivity contribution is -0.138. The standard InChI is InChI=1S/C20H31NO2/c1-16(15-20(2,3)4)13-14-23-19(22)12-9-17-7-10-18(11-8-17)21(5)6/h7-12,16H,13-15H2,1-6H3. The Balaban J connectivity index is 2.36. The summed E-state index contributed by atoms with van der Waals surface area (Å²) >= 11 is 0. The summed E-state index contributed by atoms with van der Waals surface area (Å²) in [7, 11) is 4.01. The van der Waals surface area contributed by atoms with E-state index in [0.717, 1.165) is 24.1 Å². The number of esters is 1. The van der Waals surface area contributed by atoms with Gasteiger partial charge in [0.15, 0.2) is 0 Å². The molecule has 0 saturated carbocycles. The van der Waals surface area contributed by atoms with Crippen molar-refractivity contribution in [2.24, 2.45) is 11.3 Å². The molecular weight excluding hydrogens is 286 g/mol. The summed E-state index contributed by atoms with van der Waals surface area (Å²) in [4.78, 5) is 13.8. The van der Waals surface area contributed by atoms with E-state index in [0.29, 0.717) is 17.9 Å². The first-order valence-corrected chi connectivity index (χ1v) is 8.29. The first-order chi connectivity index (χ1) is 10.7. The average molecular weight is 317 g/mol. The van der Waals surface area contributed by atoms with Crippen molar-refractivity contribution in [2.45, 2.75) is 40.5 Å². The highest BCUT2D eigenvalue weighted by Crippen LogP contribution is 2.25. The van der Waals surface area contributed by atoms with Crippen molar-refractivity contribution in [3.63, 3.8) is 0 Å². The smallest absolute Gasteiger partial charge is 0.330 e. The molecule has 3 heteroatoms. The van der Waals surface area contributed by atoms with Crippen LogP contribution in [0.2, 0.25) is 0 Å². The minimum absolute atomic E-state index is 0.273. The third kappa shape index (κ3) is 8.44. The first kappa shape index (κ1) is 19.3. The third-order valence-electron chi connectivity index (χ3n) is 3.64. The zero-order chi connectivity index (χ0) is 17.5. The van der Waals surface area contributed by atoms with Crippen molar-refractivity contribution in [1.29, 1.82) is 0 Å². The highest BCUT2D eigenvalue weighted by Gasteiger charge is 2.15. The van der Waals surface area contributed by atoms with Gasteiger partial charge in [0.05, 0.1) is 6.61 Å². The molecule has 0 spiro atoms. The van der Waals surface area contributed by atoms with E-state index in [4.69, 9.17) is 4.74 Å². The van der Waals surface area contributed by atoms with Gasteiger partial charge in [0.1, 0.15) is 0 Å². The fourth-order valence-electron chi connectivity index (χ4n) is 2.60. The second-order valence-electron chi connectivity index (χ2n) is 7.65. The zero-order valence-electron chi connectivity index (χ0n) is 15.4. The van der Waals surface area contributed by atoms with Crippen LogP contribution >= 0.6 is 0 Å². The summed E-state index contributed by atoms with van der Waals surface area (Å²) in [6, 6.07) is 8.04. The van der Waals surface area contributed by atoms with Crippen molar-refractivity contribution in [1.82, 2.24) is 0 Å². The molecule has 0 aliphatic heterocycles. The number of rotatable bonds is 7. The Bertz CT molecular complexity index is 509. The summed E-state index contributed by atoms with van der Waals surface area (Å²) in [5.41, 5.74) is 2.45. The predicted octanol–water partition coefficient (Wildman–Crippen LogP) is 4.77. The molecule has 0 N–H and O–H groups in total. The van der Waals surface area contributed by atoms with Crippen molar-refractivity contribution < 1.29 is 9.53 Å². The van der Waals surface area contributed by atoms with E-state index in [1.807, 2.05) is 43.3 Å². The Hall–Kier alpha value is -1.77. The van der Waals surface area contributed by atoms with E-state index in [9.17, 15) is 4.79 Å². The minimum atomic E-state index is -0.273. The van der Waals surface area contributed by atoms with Crippen LogP contribution in [0.15, 0.2) is 30.3 Å². The van der Waals surface area contributed by atoms with E-state index in [1.54, 1.807) is 6.08 Å². The van der Waals surface area contributed by atoms with Crippen molar-refractivity contribution in [3.05, 3.63) is 35.9 Å². The number of carbonyl (C=O) groups excluding carboxylic acids is 1. The Morgan fingerprint density at radius 2 is 1.83 bits per heavy atom. The predicted molar refractivity (Wildman–Crippen MR) is 98.6 cm³/mol. The highest BCUT2D eigenvalue weighted by atomic mass is 16.5. The van der Waals surface area contributed by atoms with Gasteiger partial charge in [-0.05, 0) is 47.9 Å².